The summed E-state index contributed by atoms with van der Waals surface area (Å²) in [7, 11) is 1.38. The van der Waals surface area contributed by atoms with Gasteiger partial charge in [-0.05, 0) is 19.9 Å². The second-order valence-electron chi connectivity index (χ2n) is 4.80. The van der Waals surface area contributed by atoms with Crippen molar-refractivity contribution in [2.24, 2.45) is 0 Å². The molecule has 18 heavy (non-hydrogen) atoms. The third kappa shape index (κ3) is 5.22. The number of nitrogens with one attached hydrogen (secondary N) is 1. The van der Waals surface area contributed by atoms with Gasteiger partial charge in [-0.25, -0.2) is 0 Å². The highest BCUT2D eigenvalue weighted by Gasteiger charge is 2.38. The van der Waals surface area contributed by atoms with Gasteiger partial charge in [-0.1, -0.05) is 12.8 Å². The Morgan fingerprint density at radius 1 is 1.44 bits per heavy atom. The van der Waals surface area contributed by atoms with Crippen LogP contribution in [0.1, 0.15) is 25.7 Å². The van der Waals surface area contributed by atoms with Gasteiger partial charge in [0.25, 0.3) is 0 Å². The van der Waals surface area contributed by atoms with Crippen LogP contribution in [-0.4, -0.2) is 54.4 Å². The van der Waals surface area contributed by atoms with Gasteiger partial charge in [-0.3, -0.25) is 9.69 Å². The minimum Gasteiger partial charge on any atom is -0.382 e. The summed E-state index contributed by atoms with van der Waals surface area (Å²) in [5, 5.41) is 11.6. The smallest absolute Gasteiger partial charge is 0.382 e. The maximum absolute atomic E-state index is 12.1. The van der Waals surface area contributed by atoms with Crippen LogP contribution in [-0.2, 0) is 4.79 Å². The first-order valence-electron chi connectivity index (χ1n) is 6.01. The molecule has 1 atom stereocenters. The average Bonchev–Trinajstić information content (AvgIpc) is 2.67. The second kappa shape index (κ2) is 6.38. The highest BCUT2D eigenvalue weighted by molar-refractivity contribution is 5.78. The third-order valence-corrected chi connectivity index (χ3v) is 3.00. The maximum Gasteiger partial charge on any atom is 0.415 e. The SMILES string of the molecule is CN(CC(=O)NC1CCCC1)CC(O)C(F)(F)F. The van der Waals surface area contributed by atoms with E-state index in [0.29, 0.717) is 0 Å². The minimum absolute atomic E-state index is 0.135. The van der Waals surface area contributed by atoms with Crippen LogP contribution in [0.3, 0.4) is 0 Å². The van der Waals surface area contributed by atoms with Crippen LogP contribution >= 0.6 is 0 Å². The van der Waals surface area contributed by atoms with Crippen molar-refractivity contribution < 1.29 is 23.1 Å². The zero-order valence-electron chi connectivity index (χ0n) is 10.3. The largest absolute Gasteiger partial charge is 0.415 e. The van der Waals surface area contributed by atoms with Gasteiger partial charge in [0, 0.05) is 12.6 Å². The van der Waals surface area contributed by atoms with Gasteiger partial charge >= 0.3 is 6.18 Å². The molecule has 1 unspecified atom stereocenters. The summed E-state index contributed by atoms with van der Waals surface area (Å²) in [6.07, 6.45) is -3.04. The Labute approximate surface area is 104 Å². The Morgan fingerprint density at radius 2 is 2.00 bits per heavy atom. The van der Waals surface area contributed by atoms with Crippen molar-refractivity contribution in [3.05, 3.63) is 0 Å². The zero-order chi connectivity index (χ0) is 13.8. The van der Waals surface area contributed by atoms with E-state index in [9.17, 15) is 18.0 Å². The van der Waals surface area contributed by atoms with Gasteiger partial charge < -0.3 is 10.4 Å². The number of nitrogens with zero attached hydrogens (tertiary/aromatic N) is 1. The molecule has 0 heterocycles. The molecule has 1 aliphatic carbocycles. The van der Waals surface area contributed by atoms with E-state index in [0.717, 1.165) is 25.7 Å². The van der Waals surface area contributed by atoms with Gasteiger partial charge in [0.1, 0.15) is 0 Å². The quantitative estimate of drug-likeness (QED) is 0.779. The molecule has 0 aliphatic heterocycles. The molecule has 0 aromatic heterocycles. The standard InChI is InChI=1S/C11H19F3N2O2/c1-16(6-9(17)11(12,13)14)7-10(18)15-8-4-2-3-5-8/h8-9,17H,2-7H2,1H3,(H,15,18). The molecule has 0 aromatic carbocycles. The second-order valence-corrected chi connectivity index (χ2v) is 4.80. The van der Waals surface area contributed by atoms with Gasteiger partial charge in [-0.2, -0.15) is 13.2 Å². The van der Waals surface area contributed by atoms with E-state index in [1.54, 1.807) is 0 Å². The van der Waals surface area contributed by atoms with Crippen molar-refractivity contribution in [2.45, 2.75) is 44.0 Å². The highest BCUT2D eigenvalue weighted by Crippen LogP contribution is 2.20. The lowest BCUT2D eigenvalue weighted by atomic mass is 10.2. The number of aliphatic hydroxyl groups excluding tert-OH is 1. The molecular formula is C11H19F3N2O2. The van der Waals surface area contributed by atoms with Gasteiger partial charge in [0.2, 0.25) is 5.91 Å². The molecule has 106 valence electrons. The van der Waals surface area contributed by atoms with Crippen molar-refractivity contribution in [1.29, 1.82) is 0 Å². The molecule has 0 bridgehead atoms. The number of hydrogen-bond acceptors (Lipinski definition) is 3. The summed E-state index contributed by atoms with van der Waals surface area (Å²) in [4.78, 5) is 12.7. The fourth-order valence-corrected chi connectivity index (χ4v) is 2.05. The number of aliphatic hydroxyl groups is 1. The summed E-state index contributed by atoms with van der Waals surface area (Å²) in [5.41, 5.74) is 0. The summed E-state index contributed by atoms with van der Waals surface area (Å²) in [6, 6.07) is 0.151. The number of rotatable bonds is 5. The van der Waals surface area contributed by atoms with Crippen LogP contribution in [0.15, 0.2) is 0 Å². The molecule has 0 saturated heterocycles. The first-order chi connectivity index (χ1) is 8.29. The van der Waals surface area contributed by atoms with E-state index < -0.39 is 18.8 Å². The number of amides is 1. The predicted molar refractivity (Wildman–Crippen MR) is 60.0 cm³/mol. The first-order valence-corrected chi connectivity index (χ1v) is 6.01. The summed E-state index contributed by atoms with van der Waals surface area (Å²) >= 11 is 0. The monoisotopic (exact) mass is 268 g/mol. The van der Waals surface area contributed by atoms with E-state index in [4.69, 9.17) is 5.11 Å². The average molecular weight is 268 g/mol. The minimum atomic E-state index is -4.64. The zero-order valence-corrected chi connectivity index (χ0v) is 10.3. The predicted octanol–water partition coefficient (Wildman–Crippen LogP) is 0.900. The molecule has 0 radical (unpaired) electrons. The molecule has 0 spiro atoms. The molecule has 4 nitrogen and oxygen atoms in total. The highest BCUT2D eigenvalue weighted by atomic mass is 19.4. The molecule has 1 aliphatic rings. The lowest BCUT2D eigenvalue weighted by Gasteiger charge is -2.22. The number of hydrogen-bond donors (Lipinski definition) is 2. The Kier molecular flexibility index (Phi) is 5.40. The number of alkyl halides is 3. The van der Waals surface area contributed by atoms with Crippen LogP contribution in [0.25, 0.3) is 0 Å². The lowest BCUT2D eigenvalue weighted by molar-refractivity contribution is -0.207. The van der Waals surface area contributed by atoms with E-state index in [1.165, 1.54) is 11.9 Å². The fraction of sp³-hybridized carbons (Fsp3) is 0.909. The molecule has 1 fully saturated rings. The van der Waals surface area contributed by atoms with Crippen LogP contribution in [0, 0.1) is 0 Å². The number of carbonyl (C=O) groups excluding carboxylic acids is 1. The Hall–Kier alpha value is -0.820. The first kappa shape index (κ1) is 15.2. The van der Waals surface area contributed by atoms with Gasteiger partial charge in [0.15, 0.2) is 6.10 Å². The molecular weight excluding hydrogens is 249 g/mol. The normalized spacial score (nSPS) is 19.2. The summed E-state index contributed by atoms with van der Waals surface area (Å²) < 4.78 is 36.3. The van der Waals surface area contributed by atoms with Crippen molar-refractivity contribution in [1.82, 2.24) is 10.2 Å². The lowest BCUT2D eigenvalue weighted by Crippen LogP contribution is -2.44. The summed E-state index contributed by atoms with van der Waals surface area (Å²) in [5.74, 6) is -0.293. The molecule has 1 rings (SSSR count). The van der Waals surface area contributed by atoms with E-state index in [1.807, 2.05) is 0 Å². The number of likely N-dealkylation sites (N-methyl/N-ethyl adjacent to an activating group) is 1. The Bertz CT molecular complexity index is 278. The van der Waals surface area contributed by atoms with E-state index in [2.05, 4.69) is 5.32 Å². The fourth-order valence-electron chi connectivity index (χ4n) is 2.05. The Morgan fingerprint density at radius 3 is 2.50 bits per heavy atom. The van der Waals surface area contributed by atoms with Gasteiger partial charge in [-0.15, -0.1) is 0 Å². The molecule has 0 aromatic rings. The molecule has 2 N–H and O–H groups in total. The third-order valence-electron chi connectivity index (χ3n) is 3.00. The Balaban J connectivity index is 2.26. The number of carbonyl (C=O) groups is 1. The number of halogens is 3. The van der Waals surface area contributed by atoms with Crippen LogP contribution in [0.2, 0.25) is 0 Å². The molecule has 7 heteroatoms. The molecule has 1 saturated carbocycles. The molecule has 1 amide bonds. The van der Waals surface area contributed by atoms with Crippen molar-refractivity contribution in [3.63, 3.8) is 0 Å². The van der Waals surface area contributed by atoms with Crippen LogP contribution in [0.4, 0.5) is 13.2 Å². The van der Waals surface area contributed by atoms with Crippen molar-refractivity contribution in [2.75, 3.05) is 20.1 Å². The maximum atomic E-state index is 12.1. The van der Waals surface area contributed by atoms with Crippen LogP contribution < -0.4 is 5.32 Å². The topological polar surface area (TPSA) is 52.6 Å². The van der Waals surface area contributed by atoms with E-state index in [-0.39, 0.29) is 18.5 Å². The summed E-state index contributed by atoms with van der Waals surface area (Å²) in [6.45, 7) is -0.731. The van der Waals surface area contributed by atoms with Crippen molar-refractivity contribution >= 4 is 5.91 Å². The van der Waals surface area contributed by atoms with Gasteiger partial charge in [0.05, 0.1) is 6.54 Å². The van der Waals surface area contributed by atoms with Crippen LogP contribution in [0.5, 0.6) is 0 Å². The van der Waals surface area contributed by atoms with E-state index >= 15 is 0 Å². The van der Waals surface area contributed by atoms with Crippen molar-refractivity contribution in [3.8, 4) is 0 Å².